The highest BCUT2D eigenvalue weighted by molar-refractivity contribution is 14.0. The molecule has 1 heterocycles. The molecule has 0 bridgehead atoms. The minimum atomic E-state index is 0. The fourth-order valence-electron chi connectivity index (χ4n) is 2.62. The minimum Gasteiger partial charge on any atom is -0.357 e. The second kappa shape index (κ2) is 10.7. The average Bonchev–Trinajstić information content (AvgIpc) is 2.80. The smallest absolute Gasteiger partial charge is 0.191 e. The van der Waals surface area contributed by atoms with Crippen LogP contribution in [0.2, 0.25) is 5.02 Å². The van der Waals surface area contributed by atoms with Gasteiger partial charge in [-0.05, 0) is 44.4 Å². The van der Waals surface area contributed by atoms with Crippen molar-refractivity contribution in [3.8, 4) is 0 Å². The van der Waals surface area contributed by atoms with E-state index in [9.17, 15) is 0 Å². The van der Waals surface area contributed by atoms with Crippen molar-refractivity contribution >= 4 is 41.5 Å². The third-order valence-electron chi connectivity index (χ3n) is 4.04. The number of halogens is 2. The van der Waals surface area contributed by atoms with E-state index >= 15 is 0 Å². The van der Waals surface area contributed by atoms with Gasteiger partial charge in [-0.15, -0.1) is 24.0 Å². The van der Waals surface area contributed by atoms with Gasteiger partial charge in [0.05, 0.1) is 12.2 Å². The molecule has 2 N–H and O–H groups in total. The summed E-state index contributed by atoms with van der Waals surface area (Å²) in [5, 5.41) is 11.9. The third kappa shape index (κ3) is 6.18. The molecule has 0 fully saturated rings. The Balaban J connectivity index is 0.00000312. The van der Waals surface area contributed by atoms with Crippen LogP contribution in [0.4, 0.5) is 0 Å². The number of aromatic nitrogens is 2. The maximum atomic E-state index is 6.19. The molecule has 1 aromatic heterocycles. The molecule has 5 nitrogen and oxygen atoms in total. The molecule has 7 heteroatoms. The molecular formula is C18H27ClIN5. The number of aliphatic imine (C=N–C) groups is 1. The van der Waals surface area contributed by atoms with Gasteiger partial charge in [-0.1, -0.05) is 29.8 Å². The van der Waals surface area contributed by atoms with Crippen molar-refractivity contribution in [1.82, 2.24) is 20.4 Å². The van der Waals surface area contributed by atoms with Crippen LogP contribution in [0.25, 0.3) is 0 Å². The molecule has 0 radical (unpaired) electrons. The van der Waals surface area contributed by atoms with Crippen LogP contribution >= 0.6 is 35.6 Å². The second-order valence-electron chi connectivity index (χ2n) is 5.74. The van der Waals surface area contributed by atoms with Crippen LogP contribution in [0, 0.1) is 13.8 Å². The van der Waals surface area contributed by atoms with E-state index in [1.165, 1.54) is 11.3 Å². The van der Waals surface area contributed by atoms with Crippen molar-refractivity contribution in [3.63, 3.8) is 0 Å². The number of nitrogens with zero attached hydrogens (tertiary/aromatic N) is 3. The van der Waals surface area contributed by atoms with Crippen LogP contribution in [-0.4, -0.2) is 28.8 Å². The van der Waals surface area contributed by atoms with Crippen molar-refractivity contribution in [2.45, 2.75) is 33.7 Å². The van der Waals surface area contributed by atoms with E-state index in [1.807, 2.05) is 36.0 Å². The van der Waals surface area contributed by atoms with Crippen molar-refractivity contribution in [1.29, 1.82) is 0 Å². The lowest BCUT2D eigenvalue weighted by molar-refractivity contribution is 0.729. The Morgan fingerprint density at radius 3 is 2.56 bits per heavy atom. The van der Waals surface area contributed by atoms with Crippen LogP contribution in [0.5, 0.6) is 0 Å². The highest BCUT2D eigenvalue weighted by atomic mass is 127. The Morgan fingerprint density at radius 1 is 1.24 bits per heavy atom. The van der Waals surface area contributed by atoms with Crippen molar-refractivity contribution in [2.75, 3.05) is 13.1 Å². The van der Waals surface area contributed by atoms with Crippen LogP contribution in [-0.2, 0) is 20.0 Å². The molecular weight excluding hydrogens is 449 g/mol. The second-order valence-corrected chi connectivity index (χ2v) is 6.14. The first kappa shape index (κ1) is 21.8. The Bertz CT molecular complexity index is 711. The van der Waals surface area contributed by atoms with E-state index in [4.69, 9.17) is 11.6 Å². The van der Waals surface area contributed by atoms with E-state index in [0.29, 0.717) is 6.54 Å². The first-order valence-electron chi connectivity index (χ1n) is 8.27. The number of aryl methyl sites for hydroxylation is 2. The summed E-state index contributed by atoms with van der Waals surface area (Å²) >= 11 is 6.19. The van der Waals surface area contributed by atoms with Gasteiger partial charge in [-0.25, -0.2) is 4.99 Å². The molecule has 0 aliphatic rings. The average molecular weight is 476 g/mol. The molecule has 0 unspecified atom stereocenters. The zero-order chi connectivity index (χ0) is 17.5. The zero-order valence-electron chi connectivity index (χ0n) is 15.3. The van der Waals surface area contributed by atoms with Crippen LogP contribution in [0.15, 0.2) is 29.3 Å². The first-order chi connectivity index (χ1) is 11.5. The number of nitrogens with one attached hydrogen (secondary N) is 2. The predicted molar refractivity (Wildman–Crippen MR) is 116 cm³/mol. The highest BCUT2D eigenvalue weighted by Crippen LogP contribution is 2.15. The molecule has 2 rings (SSSR count). The summed E-state index contributed by atoms with van der Waals surface area (Å²) in [7, 11) is 1.98. The highest BCUT2D eigenvalue weighted by Gasteiger charge is 2.09. The van der Waals surface area contributed by atoms with Crippen molar-refractivity contribution in [3.05, 3.63) is 51.8 Å². The summed E-state index contributed by atoms with van der Waals surface area (Å²) in [6.45, 7) is 8.40. The summed E-state index contributed by atoms with van der Waals surface area (Å²) in [6, 6.07) is 7.79. The van der Waals surface area contributed by atoms with Crippen LogP contribution in [0.3, 0.4) is 0 Å². The van der Waals surface area contributed by atoms with Gasteiger partial charge >= 0.3 is 0 Å². The number of hydrogen-bond acceptors (Lipinski definition) is 2. The number of rotatable bonds is 6. The molecule has 0 atom stereocenters. The van der Waals surface area contributed by atoms with Crippen molar-refractivity contribution < 1.29 is 0 Å². The normalized spacial score (nSPS) is 11.2. The maximum Gasteiger partial charge on any atom is 0.191 e. The molecule has 1 aromatic carbocycles. The standard InChI is InChI=1S/C18H26ClN5.HI/c1-5-20-18(22-12-15-8-6-7-9-17(15)19)21-11-10-16-13(2)23-24(4)14(16)3;/h6-9H,5,10-12H2,1-4H3,(H2,20,21,22);1H. The Morgan fingerprint density at radius 2 is 1.96 bits per heavy atom. The summed E-state index contributed by atoms with van der Waals surface area (Å²) in [4.78, 5) is 4.61. The lowest BCUT2D eigenvalue weighted by Crippen LogP contribution is -2.38. The molecule has 0 amide bonds. The summed E-state index contributed by atoms with van der Waals surface area (Å²) in [5.74, 6) is 0.802. The van der Waals surface area contributed by atoms with Gasteiger partial charge in [0.25, 0.3) is 0 Å². The quantitative estimate of drug-likeness (QED) is 0.381. The van der Waals surface area contributed by atoms with E-state index in [0.717, 1.165) is 41.7 Å². The van der Waals surface area contributed by atoms with E-state index in [2.05, 4.69) is 41.5 Å². The molecule has 0 aliphatic heterocycles. The molecule has 0 saturated carbocycles. The van der Waals surface area contributed by atoms with Crippen LogP contribution < -0.4 is 10.6 Å². The molecule has 0 spiro atoms. The van der Waals surface area contributed by atoms with E-state index in [-0.39, 0.29) is 24.0 Å². The van der Waals surface area contributed by atoms with Crippen molar-refractivity contribution in [2.24, 2.45) is 12.0 Å². The van der Waals surface area contributed by atoms with Gasteiger partial charge in [0.2, 0.25) is 0 Å². The molecule has 0 aliphatic carbocycles. The zero-order valence-corrected chi connectivity index (χ0v) is 18.4. The summed E-state index contributed by atoms with van der Waals surface area (Å²) < 4.78 is 1.93. The first-order valence-corrected chi connectivity index (χ1v) is 8.65. The van der Waals surface area contributed by atoms with Gasteiger partial charge in [0, 0.05) is 30.9 Å². The van der Waals surface area contributed by atoms with Crippen LogP contribution in [0.1, 0.15) is 29.4 Å². The molecule has 0 saturated heterocycles. The molecule has 25 heavy (non-hydrogen) atoms. The number of benzene rings is 1. The van der Waals surface area contributed by atoms with Gasteiger partial charge in [-0.3, -0.25) is 4.68 Å². The number of hydrogen-bond donors (Lipinski definition) is 2. The summed E-state index contributed by atoms with van der Waals surface area (Å²) in [5.41, 5.74) is 4.63. The monoisotopic (exact) mass is 475 g/mol. The van der Waals surface area contributed by atoms with E-state index < -0.39 is 0 Å². The largest absolute Gasteiger partial charge is 0.357 e. The lowest BCUT2D eigenvalue weighted by Gasteiger charge is -2.12. The number of guanidine groups is 1. The topological polar surface area (TPSA) is 54.2 Å². The Kier molecular flexibility index (Phi) is 9.27. The van der Waals surface area contributed by atoms with Gasteiger partial charge in [0.1, 0.15) is 0 Å². The third-order valence-corrected chi connectivity index (χ3v) is 4.40. The minimum absolute atomic E-state index is 0. The molecule has 138 valence electrons. The van der Waals surface area contributed by atoms with Gasteiger partial charge in [-0.2, -0.15) is 5.10 Å². The van der Waals surface area contributed by atoms with E-state index in [1.54, 1.807) is 0 Å². The fraction of sp³-hybridized carbons (Fsp3) is 0.444. The molecule has 2 aromatic rings. The fourth-order valence-corrected chi connectivity index (χ4v) is 2.81. The predicted octanol–water partition coefficient (Wildman–Crippen LogP) is 3.61. The SMILES string of the molecule is CCNC(=NCc1ccccc1Cl)NCCc1c(C)nn(C)c1C.I. The van der Waals surface area contributed by atoms with Gasteiger partial charge < -0.3 is 10.6 Å². The lowest BCUT2D eigenvalue weighted by atomic mass is 10.1. The Hall–Kier alpha value is -1.28. The summed E-state index contributed by atoms with van der Waals surface area (Å²) in [6.07, 6.45) is 0.919. The maximum absolute atomic E-state index is 6.19. The Labute approximate surface area is 172 Å². The van der Waals surface area contributed by atoms with Gasteiger partial charge in [0.15, 0.2) is 5.96 Å².